The molecule has 1 aliphatic rings. The molecule has 186 valence electrons. The van der Waals surface area contributed by atoms with Crippen LogP contribution < -0.4 is 10.1 Å². The average molecular weight is 497 g/mol. The molecule has 0 aliphatic carbocycles. The SMILES string of the molecule is Cn1nccc1-c1cc(NC(=O)c2cccs2)ccc1OCC1CCN(OC(=O)C(C)(C)C)CC1. The summed E-state index contributed by atoms with van der Waals surface area (Å²) >= 11 is 1.40. The first-order valence-electron chi connectivity index (χ1n) is 11.8. The van der Waals surface area contributed by atoms with Gasteiger partial charge < -0.3 is 14.9 Å². The molecule has 8 nitrogen and oxygen atoms in total. The topological polar surface area (TPSA) is 85.7 Å². The zero-order chi connectivity index (χ0) is 25.0. The van der Waals surface area contributed by atoms with E-state index in [0.717, 1.165) is 29.8 Å². The first-order valence-corrected chi connectivity index (χ1v) is 12.7. The minimum absolute atomic E-state index is 0.136. The Morgan fingerprint density at radius 2 is 1.94 bits per heavy atom. The number of amides is 1. The maximum absolute atomic E-state index is 12.5. The molecular weight excluding hydrogens is 464 g/mol. The second-order valence-corrected chi connectivity index (χ2v) is 10.7. The molecular formula is C26H32N4O4S. The number of anilines is 1. The fraction of sp³-hybridized carbons (Fsp3) is 0.423. The maximum atomic E-state index is 12.5. The van der Waals surface area contributed by atoms with E-state index in [-0.39, 0.29) is 11.9 Å². The Hall–Kier alpha value is -3.17. The molecule has 0 spiro atoms. The normalized spacial score (nSPS) is 15.1. The molecule has 0 unspecified atom stereocenters. The maximum Gasteiger partial charge on any atom is 0.330 e. The van der Waals surface area contributed by atoms with Gasteiger partial charge in [-0.15, -0.1) is 16.4 Å². The highest BCUT2D eigenvalue weighted by atomic mass is 32.1. The van der Waals surface area contributed by atoms with Crippen molar-refractivity contribution in [2.75, 3.05) is 25.0 Å². The summed E-state index contributed by atoms with van der Waals surface area (Å²) in [5.74, 6) is 0.754. The first kappa shape index (κ1) is 24.9. The average Bonchev–Trinajstić information content (AvgIpc) is 3.50. The van der Waals surface area contributed by atoms with Crippen LogP contribution in [0.1, 0.15) is 43.3 Å². The van der Waals surface area contributed by atoms with Gasteiger partial charge in [-0.3, -0.25) is 9.48 Å². The van der Waals surface area contributed by atoms with Crippen molar-refractivity contribution in [2.24, 2.45) is 18.4 Å². The largest absolute Gasteiger partial charge is 0.493 e. The third-order valence-electron chi connectivity index (χ3n) is 5.95. The molecule has 1 amide bonds. The summed E-state index contributed by atoms with van der Waals surface area (Å²) in [5.41, 5.74) is 1.94. The molecule has 3 heterocycles. The smallest absolute Gasteiger partial charge is 0.330 e. The van der Waals surface area contributed by atoms with Gasteiger partial charge in [0.25, 0.3) is 5.91 Å². The molecule has 2 aromatic heterocycles. The van der Waals surface area contributed by atoms with Gasteiger partial charge in [0, 0.05) is 37.6 Å². The molecule has 1 saturated heterocycles. The Bertz CT molecular complexity index is 1160. The second-order valence-electron chi connectivity index (χ2n) is 9.79. The van der Waals surface area contributed by atoms with E-state index in [0.29, 0.717) is 36.2 Å². The number of carbonyl (C=O) groups excluding carboxylic acids is 2. The number of hydrogen-bond acceptors (Lipinski definition) is 7. The Kier molecular flexibility index (Phi) is 7.57. The van der Waals surface area contributed by atoms with E-state index < -0.39 is 5.41 Å². The number of rotatable bonds is 7. The molecule has 0 saturated carbocycles. The zero-order valence-corrected chi connectivity index (χ0v) is 21.4. The molecule has 4 rings (SSSR count). The van der Waals surface area contributed by atoms with Gasteiger partial charge in [0.2, 0.25) is 0 Å². The molecule has 1 aliphatic heterocycles. The fourth-order valence-electron chi connectivity index (χ4n) is 3.80. The van der Waals surface area contributed by atoms with Gasteiger partial charge in [-0.1, -0.05) is 6.07 Å². The lowest BCUT2D eigenvalue weighted by Crippen LogP contribution is -2.39. The zero-order valence-electron chi connectivity index (χ0n) is 20.6. The van der Waals surface area contributed by atoms with Crippen LogP contribution in [0.25, 0.3) is 11.3 Å². The van der Waals surface area contributed by atoms with Gasteiger partial charge >= 0.3 is 5.97 Å². The number of aromatic nitrogens is 2. The first-order chi connectivity index (χ1) is 16.7. The summed E-state index contributed by atoms with van der Waals surface area (Å²) in [6.45, 7) is 7.51. The quantitative estimate of drug-likeness (QED) is 0.496. The monoisotopic (exact) mass is 496 g/mol. The summed E-state index contributed by atoms with van der Waals surface area (Å²) < 4.78 is 8.07. The Morgan fingerprint density at radius 1 is 1.17 bits per heavy atom. The molecule has 1 fully saturated rings. The van der Waals surface area contributed by atoms with E-state index in [2.05, 4.69) is 10.4 Å². The van der Waals surface area contributed by atoms with Gasteiger partial charge in [-0.2, -0.15) is 5.10 Å². The van der Waals surface area contributed by atoms with Crippen LogP contribution in [0.4, 0.5) is 5.69 Å². The van der Waals surface area contributed by atoms with Crippen LogP contribution in [-0.4, -0.2) is 46.4 Å². The summed E-state index contributed by atoms with van der Waals surface area (Å²) in [6, 6.07) is 11.3. The number of aryl methyl sites for hydroxylation is 1. The van der Waals surface area contributed by atoms with Gasteiger partial charge in [0.1, 0.15) is 5.75 Å². The Labute approximate surface area is 209 Å². The van der Waals surface area contributed by atoms with Gasteiger partial charge in [-0.25, -0.2) is 4.79 Å². The molecule has 0 bridgehead atoms. The van der Waals surface area contributed by atoms with Crippen molar-refractivity contribution < 1.29 is 19.2 Å². The predicted octanol–water partition coefficient (Wildman–Crippen LogP) is 5.00. The summed E-state index contributed by atoms with van der Waals surface area (Å²) in [5, 5.41) is 10.9. The highest BCUT2D eigenvalue weighted by Crippen LogP contribution is 2.33. The minimum atomic E-state index is -0.516. The van der Waals surface area contributed by atoms with Crippen LogP contribution in [0.3, 0.4) is 0 Å². The third kappa shape index (κ3) is 6.29. The van der Waals surface area contributed by atoms with E-state index >= 15 is 0 Å². The number of nitrogens with one attached hydrogen (secondary N) is 1. The fourth-order valence-corrected chi connectivity index (χ4v) is 4.42. The lowest BCUT2D eigenvalue weighted by molar-refractivity contribution is -0.206. The molecule has 3 aromatic rings. The molecule has 0 radical (unpaired) electrons. The van der Waals surface area contributed by atoms with Crippen LogP contribution in [0.2, 0.25) is 0 Å². The van der Waals surface area contributed by atoms with Crippen molar-refractivity contribution in [1.29, 1.82) is 0 Å². The van der Waals surface area contributed by atoms with E-state index in [1.54, 1.807) is 22.0 Å². The van der Waals surface area contributed by atoms with Crippen LogP contribution >= 0.6 is 11.3 Å². The number of ether oxygens (including phenoxy) is 1. The second kappa shape index (κ2) is 10.6. The van der Waals surface area contributed by atoms with Crippen molar-refractivity contribution >= 4 is 28.9 Å². The van der Waals surface area contributed by atoms with Crippen LogP contribution in [-0.2, 0) is 16.7 Å². The lowest BCUT2D eigenvalue weighted by Gasteiger charge is -2.32. The van der Waals surface area contributed by atoms with E-state index in [9.17, 15) is 9.59 Å². The van der Waals surface area contributed by atoms with Crippen molar-refractivity contribution in [1.82, 2.24) is 14.8 Å². The molecule has 9 heteroatoms. The molecule has 1 N–H and O–H groups in total. The predicted molar refractivity (Wildman–Crippen MR) is 136 cm³/mol. The minimum Gasteiger partial charge on any atom is -0.493 e. The highest BCUT2D eigenvalue weighted by Gasteiger charge is 2.28. The van der Waals surface area contributed by atoms with Crippen molar-refractivity contribution in [3.05, 3.63) is 52.9 Å². The van der Waals surface area contributed by atoms with Gasteiger partial charge in [0.15, 0.2) is 0 Å². The highest BCUT2D eigenvalue weighted by molar-refractivity contribution is 7.12. The van der Waals surface area contributed by atoms with Gasteiger partial charge in [-0.05, 0) is 75.2 Å². The Balaban J connectivity index is 1.41. The van der Waals surface area contributed by atoms with Crippen LogP contribution in [0.15, 0.2) is 48.0 Å². The van der Waals surface area contributed by atoms with Crippen molar-refractivity contribution in [3.8, 4) is 17.0 Å². The Morgan fingerprint density at radius 3 is 2.57 bits per heavy atom. The lowest BCUT2D eigenvalue weighted by atomic mass is 9.97. The van der Waals surface area contributed by atoms with Crippen molar-refractivity contribution in [3.63, 3.8) is 0 Å². The number of piperidine rings is 1. The van der Waals surface area contributed by atoms with Crippen LogP contribution in [0, 0.1) is 11.3 Å². The summed E-state index contributed by atoms with van der Waals surface area (Å²) in [4.78, 5) is 30.9. The number of thiophene rings is 1. The van der Waals surface area contributed by atoms with Gasteiger partial charge in [0.05, 0.1) is 22.6 Å². The number of carbonyl (C=O) groups is 2. The van der Waals surface area contributed by atoms with E-state index in [1.165, 1.54) is 11.3 Å². The third-order valence-corrected chi connectivity index (χ3v) is 6.82. The molecule has 1 aromatic carbocycles. The molecule has 35 heavy (non-hydrogen) atoms. The number of benzene rings is 1. The molecule has 0 atom stereocenters. The number of hydroxylamine groups is 2. The summed E-state index contributed by atoms with van der Waals surface area (Å²) in [6.07, 6.45) is 3.51. The summed E-state index contributed by atoms with van der Waals surface area (Å²) in [7, 11) is 1.88. The van der Waals surface area contributed by atoms with E-state index in [4.69, 9.17) is 9.57 Å². The standard InChI is InChI=1S/C26H32N4O4S/c1-26(2,3)25(32)34-30-13-10-18(11-14-30)17-33-22-8-7-19(28-24(31)23-6-5-15-35-23)16-20(22)21-9-12-27-29(21)4/h5-9,12,15-16,18H,10-11,13-14,17H2,1-4H3,(H,28,31). The van der Waals surface area contributed by atoms with Crippen LogP contribution in [0.5, 0.6) is 5.75 Å². The number of hydrogen-bond donors (Lipinski definition) is 1. The van der Waals surface area contributed by atoms with E-state index in [1.807, 2.05) is 63.5 Å². The number of nitrogens with zero attached hydrogens (tertiary/aromatic N) is 3. The van der Waals surface area contributed by atoms with Crippen molar-refractivity contribution in [2.45, 2.75) is 33.6 Å².